The average molecular weight is 284 g/mol. The van der Waals surface area contributed by atoms with Crippen LogP contribution in [0.2, 0.25) is 0 Å². The van der Waals surface area contributed by atoms with Crippen molar-refractivity contribution in [3.63, 3.8) is 0 Å². The lowest BCUT2D eigenvalue weighted by molar-refractivity contribution is -0.129. The van der Waals surface area contributed by atoms with E-state index < -0.39 is 5.41 Å². The van der Waals surface area contributed by atoms with E-state index in [4.69, 9.17) is 4.74 Å². The highest BCUT2D eigenvalue weighted by molar-refractivity contribution is 6.00. The minimum atomic E-state index is -0.907. The first-order valence-corrected chi connectivity index (χ1v) is 7.66. The molecule has 1 amide bonds. The maximum atomic E-state index is 13.1. The van der Waals surface area contributed by atoms with Gasteiger partial charge in [-0.3, -0.25) is 4.79 Å². The summed E-state index contributed by atoms with van der Waals surface area (Å²) in [5, 5.41) is 9.61. The fraction of sp³-hybridized carbons (Fsp3) is 0.529. The molecule has 0 aromatic heterocycles. The van der Waals surface area contributed by atoms with Crippen LogP contribution in [0.15, 0.2) is 24.3 Å². The molecule has 21 heavy (non-hydrogen) atoms. The lowest BCUT2D eigenvalue weighted by Crippen LogP contribution is -2.46. The molecule has 0 bridgehead atoms. The second-order valence-corrected chi connectivity index (χ2v) is 5.85. The summed E-state index contributed by atoms with van der Waals surface area (Å²) < 4.78 is 5.34. The Hall–Kier alpha value is -1.86. The van der Waals surface area contributed by atoms with E-state index in [1.165, 1.54) is 5.56 Å². The van der Waals surface area contributed by atoms with Crippen molar-refractivity contribution in [2.75, 3.05) is 24.7 Å². The van der Waals surface area contributed by atoms with Gasteiger partial charge >= 0.3 is 0 Å². The van der Waals surface area contributed by atoms with Crippen molar-refractivity contribution < 1.29 is 9.53 Å². The van der Waals surface area contributed by atoms with Gasteiger partial charge in [-0.05, 0) is 43.7 Å². The van der Waals surface area contributed by atoms with Crippen molar-refractivity contribution in [2.45, 2.75) is 32.1 Å². The number of amides is 1. The molecule has 0 atom stereocenters. The van der Waals surface area contributed by atoms with Gasteiger partial charge in [0.1, 0.15) is 5.41 Å². The highest BCUT2D eigenvalue weighted by Gasteiger charge is 2.43. The van der Waals surface area contributed by atoms with Gasteiger partial charge < -0.3 is 9.64 Å². The van der Waals surface area contributed by atoms with Crippen molar-refractivity contribution >= 4 is 11.6 Å². The SMILES string of the molecule is N#CC1(C(=O)N2CCCCc3ccccc32)CCOCC1. The Morgan fingerprint density at radius 2 is 2.00 bits per heavy atom. The molecule has 2 aliphatic heterocycles. The summed E-state index contributed by atoms with van der Waals surface area (Å²) in [4.78, 5) is 14.9. The minimum absolute atomic E-state index is 0.0392. The number of benzene rings is 1. The van der Waals surface area contributed by atoms with E-state index in [9.17, 15) is 10.1 Å². The molecule has 4 heteroatoms. The summed E-state index contributed by atoms with van der Waals surface area (Å²) in [5.74, 6) is -0.0392. The third-order valence-electron chi connectivity index (χ3n) is 4.58. The standard InChI is InChI=1S/C17H20N2O2/c18-13-17(8-11-21-12-9-17)16(20)19-10-4-3-6-14-5-1-2-7-15(14)19/h1-2,5,7H,3-4,6,8-12H2. The van der Waals surface area contributed by atoms with Crippen LogP contribution in [0, 0.1) is 16.7 Å². The zero-order chi connectivity index (χ0) is 14.7. The van der Waals surface area contributed by atoms with Crippen LogP contribution in [0.1, 0.15) is 31.2 Å². The second kappa shape index (κ2) is 5.87. The van der Waals surface area contributed by atoms with E-state index in [0.29, 0.717) is 32.6 Å². The zero-order valence-corrected chi connectivity index (χ0v) is 12.2. The zero-order valence-electron chi connectivity index (χ0n) is 12.2. The number of para-hydroxylation sites is 1. The Kier molecular flexibility index (Phi) is 3.94. The molecular formula is C17H20N2O2. The number of carbonyl (C=O) groups excluding carboxylic acids is 1. The maximum absolute atomic E-state index is 13.1. The molecule has 2 aliphatic rings. The predicted octanol–water partition coefficient (Wildman–Crippen LogP) is 2.68. The Morgan fingerprint density at radius 1 is 1.24 bits per heavy atom. The summed E-state index contributed by atoms with van der Waals surface area (Å²) in [5.41, 5.74) is 1.29. The van der Waals surface area contributed by atoms with Gasteiger partial charge in [-0.2, -0.15) is 5.26 Å². The fourth-order valence-corrected chi connectivity index (χ4v) is 3.25. The van der Waals surface area contributed by atoms with Gasteiger partial charge in [0, 0.05) is 25.4 Å². The van der Waals surface area contributed by atoms with Gasteiger partial charge in [-0.15, -0.1) is 0 Å². The number of ether oxygens (including phenoxy) is 1. The molecule has 1 saturated heterocycles. The first kappa shape index (κ1) is 14.1. The maximum Gasteiger partial charge on any atom is 0.247 e. The van der Waals surface area contributed by atoms with Crippen molar-refractivity contribution in [3.8, 4) is 6.07 Å². The topological polar surface area (TPSA) is 53.3 Å². The van der Waals surface area contributed by atoms with Crippen LogP contribution in [-0.2, 0) is 16.0 Å². The van der Waals surface area contributed by atoms with Crippen molar-refractivity contribution in [3.05, 3.63) is 29.8 Å². The second-order valence-electron chi connectivity index (χ2n) is 5.85. The van der Waals surface area contributed by atoms with Crippen LogP contribution in [0.5, 0.6) is 0 Å². The Bertz CT molecular complexity index is 570. The Balaban J connectivity index is 1.95. The van der Waals surface area contributed by atoms with Gasteiger partial charge in [0.05, 0.1) is 6.07 Å². The molecule has 0 unspecified atom stereocenters. The van der Waals surface area contributed by atoms with Crippen molar-refractivity contribution in [1.29, 1.82) is 5.26 Å². The molecule has 0 spiro atoms. The number of carbonyl (C=O) groups is 1. The van der Waals surface area contributed by atoms with Gasteiger partial charge in [0.2, 0.25) is 5.91 Å². The first-order chi connectivity index (χ1) is 10.3. The van der Waals surface area contributed by atoms with Crippen LogP contribution in [0.4, 0.5) is 5.69 Å². The van der Waals surface area contributed by atoms with E-state index in [1.807, 2.05) is 23.1 Å². The summed E-state index contributed by atoms with van der Waals surface area (Å²) in [6.07, 6.45) is 4.08. The van der Waals surface area contributed by atoms with E-state index in [2.05, 4.69) is 12.1 Å². The number of anilines is 1. The predicted molar refractivity (Wildman–Crippen MR) is 79.8 cm³/mol. The number of hydrogen-bond donors (Lipinski definition) is 0. The van der Waals surface area contributed by atoms with E-state index in [-0.39, 0.29) is 5.91 Å². The molecule has 1 aromatic carbocycles. The highest BCUT2D eigenvalue weighted by Crippen LogP contribution is 2.36. The number of fused-ring (bicyclic) bond motifs is 1. The van der Waals surface area contributed by atoms with Crippen LogP contribution in [0.3, 0.4) is 0 Å². The molecule has 1 aromatic rings. The molecule has 3 rings (SSSR count). The summed E-state index contributed by atoms with van der Waals surface area (Å²) in [6, 6.07) is 10.4. The van der Waals surface area contributed by atoms with E-state index in [0.717, 1.165) is 24.9 Å². The average Bonchev–Trinajstić information content (AvgIpc) is 2.77. The summed E-state index contributed by atoms with van der Waals surface area (Å²) in [7, 11) is 0. The van der Waals surface area contributed by atoms with E-state index >= 15 is 0 Å². The number of rotatable bonds is 1. The number of nitriles is 1. The monoisotopic (exact) mass is 284 g/mol. The molecule has 0 aliphatic carbocycles. The molecule has 0 N–H and O–H groups in total. The molecule has 0 saturated carbocycles. The van der Waals surface area contributed by atoms with Gasteiger partial charge in [0.25, 0.3) is 0 Å². The van der Waals surface area contributed by atoms with Gasteiger partial charge in [0.15, 0.2) is 0 Å². The largest absolute Gasteiger partial charge is 0.381 e. The summed E-state index contributed by atoms with van der Waals surface area (Å²) >= 11 is 0. The quantitative estimate of drug-likeness (QED) is 0.796. The molecule has 2 heterocycles. The number of nitrogens with zero attached hydrogens (tertiary/aromatic N) is 2. The smallest absolute Gasteiger partial charge is 0.247 e. The summed E-state index contributed by atoms with van der Waals surface area (Å²) in [6.45, 7) is 1.70. The van der Waals surface area contributed by atoms with E-state index in [1.54, 1.807) is 0 Å². The Morgan fingerprint density at radius 3 is 2.76 bits per heavy atom. The third-order valence-corrected chi connectivity index (χ3v) is 4.58. The highest BCUT2D eigenvalue weighted by atomic mass is 16.5. The normalized spacial score (nSPS) is 21.0. The van der Waals surface area contributed by atoms with Crippen LogP contribution in [-0.4, -0.2) is 25.7 Å². The molecule has 4 nitrogen and oxygen atoms in total. The minimum Gasteiger partial charge on any atom is -0.381 e. The number of aryl methyl sites for hydroxylation is 1. The van der Waals surface area contributed by atoms with Gasteiger partial charge in [-0.25, -0.2) is 0 Å². The molecule has 110 valence electrons. The first-order valence-electron chi connectivity index (χ1n) is 7.66. The van der Waals surface area contributed by atoms with Gasteiger partial charge in [-0.1, -0.05) is 18.2 Å². The van der Waals surface area contributed by atoms with Crippen LogP contribution < -0.4 is 4.90 Å². The Labute approximate surface area is 125 Å². The lowest BCUT2D eigenvalue weighted by atomic mass is 9.80. The molecule has 1 fully saturated rings. The lowest BCUT2D eigenvalue weighted by Gasteiger charge is -2.35. The molecular weight excluding hydrogens is 264 g/mol. The van der Waals surface area contributed by atoms with Crippen molar-refractivity contribution in [2.24, 2.45) is 5.41 Å². The van der Waals surface area contributed by atoms with Crippen LogP contribution in [0.25, 0.3) is 0 Å². The number of hydrogen-bond acceptors (Lipinski definition) is 3. The third kappa shape index (κ3) is 2.54. The van der Waals surface area contributed by atoms with Crippen LogP contribution >= 0.6 is 0 Å². The van der Waals surface area contributed by atoms with Crippen molar-refractivity contribution in [1.82, 2.24) is 0 Å². The fourth-order valence-electron chi connectivity index (χ4n) is 3.25. The molecule has 0 radical (unpaired) electrons.